The van der Waals surface area contributed by atoms with Gasteiger partial charge < -0.3 is 4.74 Å². The Bertz CT molecular complexity index is 774. The Kier molecular flexibility index (Phi) is 5.30. The molecule has 5 unspecified atom stereocenters. The first kappa shape index (κ1) is 21.8. The van der Waals surface area contributed by atoms with Crippen molar-refractivity contribution in [3.63, 3.8) is 0 Å². The maximum atomic E-state index is 13.1. The van der Waals surface area contributed by atoms with E-state index in [4.69, 9.17) is 4.74 Å². The van der Waals surface area contributed by atoms with Crippen LogP contribution in [0.3, 0.4) is 0 Å². The predicted molar refractivity (Wildman–Crippen MR) is 116 cm³/mol. The third kappa shape index (κ3) is 3.39. The van der Waals surface area contributed by atoms with Gasteiger partial charge in [-0.1, -0.05) is 26.0 Å². The Morgan fingerprint density at radius 2 is 1.73 bits per heavy atom. The number of allylic oxidation sites excluding steroid dienone is 2. The molecular weight excluding hydrogens is 376 g/mol. The Hall–Kier alpha value is -1.45. The number of ketones is 2. The van der Waals surface area contributed by atoms with Crippen LogP contribution in [-0.4, -0.2) is 24.1 Å². The molecule has 166 valence electrons. The van der Waals surface area contributed by atoms with Crippen LogP contribution in [0.1, 0.15) is 79.6 Å². The highest BCUT2D eigenvalue weighted by atomic mass is 16.5. The van der Waals surface area contributed by atoms with Crippen molar-refractivity contribution in [1.29, 1.82) is 0 Å². The van der Waals surface area contributed by atoms with Crippen LogP contribution in [0, 0.1) is 45.8 Å². The molecule has 0 amide bonds. The maximum Gasteiger partial charge on any atom is 0.311 e. The van der Waals surface area contributed by atoms with Gasteiger partial charge >= 0.3 is 5.97 Å². The van der Waals surface area contributed by atoms with E-state index in [1.165, 1.54) is 0 Å². The van der Waals surface area contributed by atoms with E-state index in [9.17, 15) is 14.4 Å². The van der Waals surface area contributed by atoms with Crippen LogP contribution in [-0.2, 0) is 19.1 Å². The van der Waals surface area contributed by atoms with Crippen LogP contribution >= 0.6 is 0 Å². The Morgan fingerprint density at radius 3 is 2.43 bits per heavy atom. The number of hydrogen-bond acceptors (Lipinski definition) is 4. The zero-order valence-electron chi connectivity index (χ0n) is 19.3. The molecule has 30 heavy (non-hydrogen) atoms. The molecule has 0 aromatic rings. The van der Waals surface area contributed by atoms with Crippen molar-refractivity contribution < 1.29 is 19.1 Å². The lowest BCUT2D eigenvalue weighted by Crippen LogP contribution is -2.52. The molecule has 4 nitrogen and oxygen atoms in total. The summed E-state index contributed by atoms with van der Waals surface area (Å²) in [5.74, 6) is 2.22. The average Bonchev–Trinajstić information content (AvgIpc) is 3.03. The van der Waals surface area contributed by atoms with Gasteiger partial charge in [-0.25, -0.2) is 0 Å². The van der Waals surface area contributed by atoms with Crippen LogP contribution in [0.2, 0.25) is 0 Å². The van der Waals surface area contributed by atoms with Crippen molar-refractivity contribution in [2.75, 3.05) is 6.61 Å². The minimum Gasteiger partial charge on any atom is -0.457 e. The molecule has 0 aromatic carbocycles. The van der Waals surface area contributed by atoms with E-state index in [0.717, 1.165) is 38.5 Å². The van der Waals surface area contributed by atoms with Gasteiger partial charge in [0, 0.05) is 18.8 Å². The molecular formula is C26H38O4. The molecule has 0 heterocycles. The quantitative estimate of drug-likeness (QED) is 0.473. The van der Waals surface area contributed by atoms with Crippen molar-refractivity contribution in [3.05, 3.63) is 12.2 Å². The molecule has 0 aromatic heterocycles. The number of hydrogen-bond donors (Lipinski definition) is 0. The first-order valence-electron chi connectivity index (χ1n) is 11.9. The monoisotopic (exact) mass is 414 g/mol. The summed E-state index contributed by atoms with van der Waals surface area (Å²) in [7, 11) is 0. The third-order valence-electron chi connectivity index (χ3n) is 9.33. The van der Waals surface area contributed by atoms with Gasteiger partial charge in [0.05, 0.1) is 5.41 Å². The number of Topliss-reactive ketones (excluding diaryl/α,β-unsaturated/α-hetero) is 2. The van der Waals surface area contributed by atoms with Crippen LogP contribution < -0.4 is 0 Å². The predicted octanol–water partition coefficient (Wildman–Crippen LogP) is 5.15. The minimum absolute atomic E-state index is 0.00951. The summed E-state index contributed by atoms with van der Waals surface area (Å²) in [6, 6.07) is 0. The first-order valence-corrected chi connectivity index (χ1v) is 11.9. The van der Waals surface area contributed by atoms with Crippen molar-refractivity contribution in [3.8, 4) is 0 Å². The molecule has 3 saturated carbocycles. The van der Waals surface area contributed by atoms with Gasteiger partial charge in [0.1, 0.15) is 12.4 Å². The molecule has 7 atom stereocenters. The molecule has 4 rings (SSSR count). The fraction of sp³-hybridized carbons (Fsp3) is 0.808. The fourth-order valence-electron chi connectivity index (χ4n) is 7.40. The molecule has 0 N–H and O–H groups in total. The van der Waals surface area contributed by atoms with Crippen molar-refractivity contribution in [2.24, 2.45) is 45.8 Å². The van der Waals surface area contributed by atoms with Crippen LogP contribution in [0.5, 0.6) is 0 Å². The zero-order chi connectivity index (χ0) is 21.9. The second-order valence-corrected chi connectivity index (χ2v) is 12.0. The lowest BCUT2D eigenvalue weighted by Gasteiger charge is -2.57. The Balaban J connectivity index is 1.50. The van der Waals surface area contributed by atoms with E-state index >= 15 is 0 Å². The van der Waals surface area contributed by atoms with Gasteiger partial charge in [-0.15, -0.1) is 0 Å². The minimum atomic E-state index is -0.583. The molecule has 0 aliphatic heterocycles. The van der Waals surface area contributed by atoms with Gasteiger partial charge in [0.15, 0.2) is 5.78 Å². The lowest BCUT2D eigenvalue weighted by molar-refractivity contribution is -0.158. The molecule has 0 saturated heterocycles. The molecule has 4 aliphatic carbocycles. The molecule has 0 bridgehead atoms. The van der Waals surface area contributed by atoms with E-state index in [1.54, 1.807) is 0 Å². The summed E-state index contributed by atoms with van der Waals surface area (Å²) >= 11 is 0. The fourth-order valence-corrected chi connectivity index (χ4v) is 7.40. The van der Waals surface area contributed by atoms with E-state index in [1.807, 2.05) is 20.8 Å². The maximum absolute atomic E-state index is 13.1. The van der Waals surface area contributed by atoms with Gasteiger partial charge in [-0.2, -0.15) is 0 Å². The normalized spacial score (nSPS) is 42.8. The van der Waals surface area contributed by atoms with E-state index < -0.39 is 5.41 Å². The molecule has 0 radical (unpaired) electrons. The van der Waals surface area contributed by atoms with Crippen LogP contribution in [0.4, 0.5) is 0 Å². The van der Waals surface area contributed by atoms with E-state index in [0.29, 0.717) is 35.9 Å². The molecule has 3 fully saturated rings. The van der Waals surface area contributed by atoms with Crippen LogP contribution in [0.25, 0.3) is 0 Å². The number of rotatable bonds is 3. The second-order valence-electron chi connectivity index (χ2n) is 12.0. The van der Waals surface area contributed by atoms with Gasteiger partial charge in [0.25, 0.3) is 0 Å². The molecule has 0 spiro atoms. The Morgan fingerprint density at radius 1 is 1.03 bits per heavy atom. The number of carbonyl (C=O) groups is 3. The number of ether oxygens (including phenoxy) is 1. The SMILES string of the molecule is CC(C)(C)C(=O)OCC(=O)C1CCC2C3C=CC4CC(=O)CC[C@]4(C)C3CC[C@]12C. The van der Waals surface area contributed by atoms with Crippen LogP contribution in [0.15, 0.2) is 12.2 Å². The lowest BCUT2D eigenvalue weighted by atomic mass is 9.46. The van der Waals surface area contributed by atoms with E-state index in [2.05, 4.69) is 26.0 Å². The standard InChI is InChI=1S/C26H38O4/c1-24(2,3)23(29)30-15-22(28)21-9-8-19-18-7-6-16-14-17(27)10-12-25(16,4)20(18)11-13-26(19,21)5/h6-7,16,18-21H,8-15H2,1-5H3/t16?,18?,19?,20?,21?,25-,26-/m0/s1. The summed E-state index contributed by atoms with van der Waals surface area (Å²) in [6.07, 6.45) is 11.4. The summed E-state index contributed by atoms with van der Waals surface area (Å²) in [4.78, 5) is 37.2. The van der Waals surface area contributed by atoms with Crippen molar-refractivity contribution in [1.82, 2.24) is 0 Å². The highest BCUT2D eigenvalue weighted by molar-refractivity contribution is 5.86. The van der Waals surface area contributed by atoms with Crippen molar-refractivity contribution in [2.45, 2.75) is 79.6 Å². The number of esters is 1. The van der Waals surface area contributed by atoms with Crippen molar-refractivity contribution >= 4 is 17.5 Å². The highest BCUT2D eigenvalue weighted by Crippen LogP contribution is 2.65. The Labute approximate surface area is 181 Å². The number of carbonyl (C=O) groups excluding carboxylic acids is 3. The topological polar surface area (TPSA) is 60.4 Å². The highest BCUT2D eigenvalue weighted by Gasteiger charge is 2.60. The average molecular weight is 415 g/mol. The second kappa shape index (κ2) is 7.31. The summed E-state index contributed by atoms with van der Waals surface area (Å²) in [6.45, 7) is 10.1. The summed E-state index contributed by atoms with van der Waals surface area (Å²) < 4.78 is 5.37. The zero-order valence-corrected chi connectivity index (χ0v) is 19.3. The van der Waals surface area contributed by atoms with Gasteiger partial charge in [-0.05, 0) is 87.4 Å². The number of fused-ring (bicyclic) bond motifs is 5. The van der Waals surface area contributed by atoms with Gasteiger partial charge in [0.2, 0.25) is 0 Å². The summed E-state index contributed by atoms with van der Waals surface area (Å²) in [5.41, 5.74) is -0.371. The first-order chi connectivity index (χ1) is 14.0. The third-order valence-corrected chi connectivity index (χ3v) is 9.33. The summed E-state index contributed by atoms with van der Waals surface area (Å²) in [5, 5.41) is 0. The van der Waals surface area contributed by atoms with Gasteiger partial charge in [-0.3, -0.25) is 14.4 Å². The smallest absolute Gasteiger partial charge is 0.311 e. The van der Waals surface area contributed by atoms with E-state index in [-0.39, 0.29) is 35.1 Å². The molecule has 4 heteroatoms. The molecule has 4 aliphatic rings. The largest absolute Gasteiger partial charge is 0.457 e.